The summed E-state index contributed by atoms with van der Waals surface area (Å²) in [5.41, 5.74) is 7.29. The third-order valence-electron chi connectivity index (χ3n) is 2.76. The molecule has 112 valence electrons. The van der Waals surface area contributed by atoms with Crippen LogP contribution in [-0.4, -0.2) is 13.0 Å². The van der Waals surface area contributed by atoms with Gasteiger partial charge in [-0.25, -0.2) is 0 Å². The first-order chi connectivity index (χ1) is 9.96. The highest BCUT2D eigenvalue weighted by atomic mass is 19.4. The average Bonchev–Trinajstić information content (AvgIpc) is 2.41. The molecule has 2 aromatic carbocycles. The molecule has 0 spiro atoms. The van der Waals surface area contributed by atoms with Crippen LogP contribution in [0.2, 0.25) is 0 Å². The van der Waals surface area contributed by atoms with E-state index in [1.165, 1.54) is 18.2 Å². The van der Waals surface area contributed by atoms with Crippen LogP contribution in [-0.2, 0) is 6.42 Å². The highest BCUT2D eigenvalue weighted by Crippen LogP contribution is 2.31. The van der Waals surface area contributed by atoms with Gasteiger partial charge in [-0.2, -0.15) is 0 Å². The van der Waals surface area contributed by atoms with Crippen LogP contribution in [0.3, 0.4) is 0 Å². The standard InChI is InChI=1S/C15H14F3NO2/c16-15(17,18)21-14-8-4-3-7-13(14)20-10-9-11-5-1-2-6-12(11)19/h1-8H,9-10,19H2. The summed E-state index contributed by atoms with van der Waals surface area (Å²) in [5, 5.41) is 0. The predicted molar refractivity (Wildman–Crippen MR) is 73.2 cm³/mol. The number of benzene rings is 2. The molecule has 0 unspecified atom stereocenters. The highest BCUT2D eigenvalue weighted by Gasteiger charge is 2.32. The van der Waals surface area contributed by atoms with Gasteiger partial charge in [-0.05, 0) is 23.8 Å². The van der Waals surface area contributed by atoms with Crippen LogP contribution in [0.15, 0.2) is 48.5 Å². The Kier molecular flexibility index (Phi) is 4.57. The molecule has 2 rings (SSSR count). The fourth-order valence-corrected chi connectivity index (χ4v) is 1.81. The van der Waals surface area contributed by atoms with Crippen molar-refractivity contribution in [2.75, 3.05) is 12.3 Å². The van der Waals surface area contributed by atoms with Crippen molar-refractivity contribution in [3.63, 3.8) is 0 Å². The fraction of sp³-hybridized carbons (Fsp3) is 0.200. The number of hydrogen-bond acceptors (Lipinski definition) is 3. The molecule has 0 bridgehead atoms. The van der Waals surface area contributed by atoms with Gasteiger partial charge in [-0.1, -0.05) is 30.3 Å². The van der Waals surface area contributed by atoms with E-state index in [0.29, 0.717) is 12.1 Å². The molecule has 2 N–H and O–H groups in total. The van der Waals surface area contributed by atoms with E-state index in [0.717, 1.165) is 5.56 Å². The van der Waals surface area contributed by atoms with Crippen LogP contribution < -0.4 is 15.2 Å². The van der Waals surface area contributed by atoms with Crippen LogP contribution in [0.1, 0.15) is 5.56 Å². The molecular weight excluding hydrogens is 283 g/mol. The van der Waals surface area contributed by atoms with Crippen molar-refractivity contribution in [1.82, 2.24) is 0 Å². The predicted octanol–water partition coefficient (Wildman–Crippen LogP) is 3.79. The summed E-state index contributed by atoms with van der Waals surface area (Å²) in [4.78, 5) is 0. The second-order valence-corrected chi connectivity index (χ2v) is 4.29. The van der Waals surface area contributed by atoms with Gasteiger partial charge in [0.15, 0.2) is 11.5 Å². The van der Waals surface area contributed by atoms with Crippen molar-refractivity contribution < 1.29 is 22.6 Å². The van der Waals surface area contributed by atoms with E-state index in [-0.39, 0.29) is 18.1 Å². The second-order valence-electron chi connectivity index (χ2n) is 4.29. The SMILES string of the molecule is Nc1ccccc1CCOc1ccccc1OC(F)(F)F. The fourth-order valence-electron chi connectivity index (χ4n) is 1.81. The molecular formula is C15H14F3NO2. The summed E-state index contributed by atoms with van der Waals surface area (Å²) < 4.78 is 46.1. The van der Waals surface area contributed by atoms with Gasteiger partial charge in [0.25, 0.3) is 0 Å². The summed E-state index contributed by atoms with van der Waals surface area (Å²) in [6.07, 6.45) is -4.25. The van der Waals surface area contributed by atoms with Gasteiger partial charge < -0.3 is 15.2 Å². The Morgan fingerprint density at radius 3 is 2.19 bits per heavy atom. The Balaban J connectivity index is 1.99. The van der Waals surface area contributed by atoms with Crippen LogP contribution in [0.4, 0.5) is 18.9 Å². The first kappa shape index (κ1) is 15.0. The van der Waals surface area contributed by atoms with Crippen molar-refractivity contribution in [2.45, 2.75) is 12.8 Å². The zero-order chi connectivity index (χ0) is 15.3. The summed E-state index contributed by atoms with van der Waals surface area (Å²) in [5.74, 6) is -0.310. The molecule has 0 saturated heterocycles. The normalized spacial score (nSPS) is 11.2. The number of anilines is 1. The largest absolute Gasteiger partial charge is 0.573 e. The van der Waals surface area contributed by atoms with Crippen molar-refractivity contribution in [3.8, 4) is 11.5 Å². The Morgan fingerprint density at radius 2 is 1.52 bits per heavy atom. The molecule has 0 radical (unpaired) electrons. The smallest absolute Gasteiger partial charge is 0.489 e. The summed E-state index contributed by atoms with van der Waals surface area (Å²) in [6.45, 7) is 0.201. The van der Waals surface area contributed by atoms with Gasteiger partial charge in [0.1, 0.15) is 0 Å². The lowest BCUT2D eigenvalue weighted by atomic mass is 10.1. The van der Waals surface area contributed by atoms with Crippen molar-refractivity contribution >= 4 is 5.69 Å². The Hall–Kier alpha value is -2.37. The molecule has 3 nitrogen and oxygen atoms in total. The van der Waals surface area contributed by atoms with Crippen LogP contribution >= 0.6 is 0 Å². The summed E-state index contributed by atoms with van der Waals surface area (Å²) in [6, 6.07) is 12.9. The van der Waals surface area contributed by atoms with Gasteiger partial charge in [0, 0.05) is 12.1 Å². The zero-order valence-electron chi connectivity index (χ0n) is 11.1. The number of rotatable bonds is 5. The maximum atomic E-state index is 12.3. The Morgan fingerprint density at radius 1 is 0.905 bits per heavy atom. The number of nitrogen functional groups attached to an aromatic ring is 1. The van der Waals surface area contributed by atoms with Gasteiger partial charge in [-0.3, -0.25) is 0 Å². The lowest BCUT2D eigenvalue weighted by Crippen LogP contribution is -2.18. The lowest BCUT2D eigenvalue weighted by Gasteiger charge is -2.14. The molecule has 0 amide bonds. The monoisotopic (exact) mass is 297 g/mol. The minimum absolute atomic E-state index is 0.0457. The lowest BCUT2D eigenvalue weighted by molar-refractivity contribution is -0.275. The number of para-hydroxylation sites is 3. The quantitative estimate of drug-likeness (QED) is 0.854. The molecule has 0 aromatic heterocycles. The van der Waals surface area contributed by atoms with E-state index >= 15 is 0 Å². The molecule has 0 aliphatic carbocycles. The molecule has 0 fully saturated rings. The maximum absolute atomic E-state index is 12.3. The molecule has 6 heteroatoms. The molecule has 0 aliphatic rings. The van der Waals surface area contributed by atoms with E-state index in [1.54, 1.807) is 12.1 Å². The summed E-state index contributed by atoms with van der Waals surface area (Å²) in [7, 11) is 0. The van der Waals surface area contributed by atoms with Crippen molar-refractivity contribution in [3.05, 3.63) is 54.1 Å². The Bertz CT molecular complexity index is 599. The topological polar surface area (TPSA) is 44.5 Å². The van der Waals surface area contributed by atoms with Gasteiger partial charge in [0.2, 0.25) is 0 Å². The molecule has 0 heterocycles. The highest BCUT2D eigenvalue weighted by molar-refractivity contribution is 5.46. The minimum atomic E-state index is -4.75. The number of hydrogen-bond donors (Lipinski definition) is 1. The van der Waals surface area contributed by atoms with Gasteiger partial charge >= 0.3 is 6.36 Å². The average molecular weight is 297 g/mol. The molecule has 21 heavy (non-hydrogen) atoms. The van der Waals surface area contributed by atoms with Crippen LogP contribution in [0, 0.1) is 0 Å². The van der Waals surface area contributed by atoms with Crippen LogP contribution in [0.5, 0.6) is 11.5 Å². The van der Waals surface area contributed by atoms with E-state index in [9.17, 15) is 13.2 Å². The van der Waals surface area contributed by atoms with E-state index in [2.05, 4.69) is 4.74 Å². The van der Waals surface area contributed by atoms with Gasteiger partial charge in [0.05, 0.1) is 6.61 Å². The molecule has 0 aliphatic heterocycles. The first-order valence-corrected chi connectivity index (χ1v) is 6.26. The molecule has 0 saturated carbocycles. The van der Waals surface area contributed by atoms with E-state index in [1.807, 2.05) is 18.2 Å². The third kappa shape index (κ3) is 4.59. The number of nitrogens with two attached hydrogens (primary N) is 1. The number of halogens is 3. The second kappa shape index (κ2) is 6.39. The van der Waals surface area contributed by atoms with E-state index in [4.69, 9.17) is 10.5 Å². The van der Waals surface area contributed by atoms with Gasteiger partial charge in [-0.15, -0.1) is 13.2 Å². The number of alkyl halides is 3. The third-order valence-corrected chi connectivity index (χ3v) is 2.76. The maximum Gasteiger partial charge on any atom is 0.573 e. The number of ether oxygens (including phenoxy) is 2. The van der Waals surface area contributed by atoms with Crippen LogP contribution in [0.25, 0.3) is 0 Å². The first-order valence-electron chi connectivity index (χ1n) is 6.26. The van der Waals surface area contributed by atoms with Crippen molar-refractivity contribution in [2.24, 2.45) is 0 Å². The zero-order valence-corrected chi connectivity index (χ0v) is 11.1. The van der Waals surface area contributed by atoms with E-state index < -0.39 is 6.36 Å². The summed E-state index contributed by atoms with van der Waals surface area (Å²) >= 11 is 0. The molecule has 2 aromatic rings. The molecule has 0 atom stereocenters. The Labute approximate surface area is 120 Å². The minimum Gasteiger partial charge on any atom is -0.489 e. The van der Waals surface area contributed by atoms with Crippen molar-refractivity contribution in [1.29, 1.82) is 0 Å².